The van der Waals surface area contributed by atoms with E-state index in [9.17, 15) is 4.79 Å². The van der Waals surface area contributed by atoms with Crippen molar-refractivity contribution in [3.05, 3.63) is 42.3 Å². The number of anilines is 1. The number of carbonyl (C=O) groups excluding carboxylic acids is 1. The van der Waals surface area contributed by atoms with E-state index in [1.54, 1.807) is 6.33 Å². The molecular weight excluding hydrogens is 332 g/mol. The predicted molar refractivity (Wildman–Crippen MR) is 96.4 cm³/mol. The lowest BCUT2D eigenvalue weighted by atomic mass is 9.96. The highest BCUT2D eigenvalue weighted by Gasteiger charge is 2.21. The number of nitrogens with zero attached hydrogens (tertiary/aromatic N) is 5. The zero-order valence-electron chi connectivity index (χ0n) is 15.4. The van der Waals surface area contributed by atoms with Crippen molar-refractivity contribution >= 4 is 11.6 Å². The highest BCUT2D eigenvalue weighted by molar-refractivity contribution is 5.91. The molecule has 0 saturated heterocycles. The lowest BCUT2D eigenvalue weighted by molar-refractivity contribution is -0.116. The van der Waals surface area contributed by atoms with Crippen LogP contribution >= 0.6 is 0 Å². The molecule has 3 aromatic rings. The molecule has 0 saturated carbocycles. The summed E-state index contributed by atoms with van der Waals surface area (Å²) in [5, 5.41) is 14.8. The minimum atomic E-state index is -0.176. The van der Waals surface area contributed by atoms with Gasteiger partial charge in [0.1, 0.15) is 6.33 Å². The van der Waals surface area contributed by atoms with Crippen LogP contribution in [-0.4, -0.2) is 30.8 Å². The monoisotopic (exact) mass is 354 g/mol. The van der Waals surface area contributed by atoms with Gasteiger partial charge in [-0.1, -0.05) is 38.1 Å². The van der Waals surface area contributed by atoms with Gasteiger partial charge in [-0.05, 0) is 12.1 Å². The normalized spacial score (nSPS) is 11.5. The Labute approximate surface area is 151 Å². The van der Waals surface area contributed by atoms with E-state index in [0.29, 0.717) is 23.8 Å². The SMILES string of the molecule is Cn1cnnc1-c1cccc(NC(=O)CCc2nc(C(C)(C)C)no2)c1. The van der Waals surface area contributed by atoms with Gasteiger partial charge in [-0.25, -0.2) is 0 Å². The van der Waals surface area contributed by atoms with Crippen LogP contribution < -0.4 is 5.32 Å². The van der Waals surface area contributed by atoms with E-state index < -0.39 is 0 Å². The van der Waals surface area contributed by atoms with Gasteiger partial charge < -0.3 is 14.4 Å². The highest BCUT2D eigenvalue weighted by Crippen LogP contribution is 2.21. The van der Waals surface area contributed by atoms with E-state index in [4.69, 9.17) is 4.52 Å². The fraction of sp³-hybridized carbons (Fsp3) is 0.389. The number of nitrogens with one attached hydrogen (secondary N) is 1. The van der Waals surface area contributed by atoms with Crippen LogP contribution in [0.3, 0.4) is 0 Å². The number of benzene rings is 1. The fourth-order valence-electron chi connectivity index (χ4n) is 2.39. The predicted octanol–water partition coefficient (Wildman–Crippen LogP) is 2.73. The van der Waals surface area contributed by atoms with Crippen LogP contribution in [0.15, 0.2) is 35.1 Å². The minimum absolute atomic E-state index is 0.115. The van der Waals surface area contributed by atoms with Crippen molar-refractivity contribution in [3.8, 4) is 11.4 Å². The van der Waals surface area contributed by atoms with Gasteiger partial charge in [0.15, 0.2) is 11.6 Å². The standard InChI is InChI=1S/C18H22N6O2/c1-18(2,3)17-21-15(26-23-17)9-8-14(25)20-13-7-5-6-12(10-13)16-22-19-11-24(16)4/h5-7,10-11H,8-9H2,1-4H3,(H,20,25). The molecule has 0 aliphatic heterocycles. The van der Waals surface area contributed by atoms with Crippen LogP contribution in [-0.2, 0) is 23.7 Å². The molecule has 0 aliphatic rings. The Balaban J connectivity index is 1.60. The molecule has 0 aliphatic carbocycles. The van der Waals surface area contributed by atoms with Crippen molar-refractivity contribution in [1.82, 2.24) is 24.9 Å². The molecule has 0 unspecified atom stereocenters. The van der Waals surface area contributed by atoms with Crippen LogP contribution in [0.2, 0.25) is 0 Å². The van der Waals surface area contributed by atoms with Crippen molar-refractivity contribution in [2.24, 2.45) is 7.05 Å². The third-order valence-electron chi connectivity index (χ3n) is 3.82. The Hall–Kier alpha value is -3.03. The first-order valence-corrected chi connectivity index (χ1v) is 8.40. The van der Waals surface area contributed by atoms with Gasteiger partial charge in [0.2, 0.25) is 11.8 Å². The van der Waals surface area contributed by atoms with Crippen molar-refractivity contribution < 1.29 is 9.32 Å². The molecule has 0 bridgehead atoms. The summed E-state index contributed by atoms with van der Waals surface area (Å²) in [7, 11) is 1.87. The lowest BCUT2D eigenvalue weighted by Gasteiger charge is -2.10. The van der Waals surface area contributed by atoms with E-state index in [1.165, 1.54) is 0 Å². The van der Waals surface area contributed by atoms with Crippen LogP contribution in [0.25, 0.3) is 11.4 Å². The van der Waals surface area contributed by atoms with Crippen molar-refractivity contribution in [2.45, 2.75) is 39.0 Å². The summed E-state index contributed by atoms with van der Waals surface area (Å²) < 4.78 is 7.04. The molecule has 1 N–H and O–H groups in total. The molecule has 8 heteroatoms. The van der Waals surface area contributed by atoms with Crippen molar-refractivity contribution in [3.63, 3.8) is 0 Å². The largest absolute Gasteiger partial charge is 0.339 e. The highest BCUT2D eigenvalue weighted by atomic mass is 16.5. The number of hydrogen-bond acceptors (Lipinski definition) is 6. The average Bonchev–Trinajstić information content (AvgIpc) is 3.21. The van der Waals surface area contributed by atoms with Gasteiger partial charge in [-0.15, -0.1) is 10.2 Å². The first-order chi connectivity index (χ1) is 12.3. The average molecular weight is 354 g/mol. The van der Waals surface area contributed by atoms with Gasteiger partial charge in [-0.2, -0.15) is 4.98 Å². The topological polar surface area (TPSA) is 98.7 Å². The first-order valence-electron chi connectivity index (χ1n) is 8.40. The molecule has 136 valence electrons. The summed E-state index contributed by atoms with van der Waals surface area (Å²) in [6, 6.07) is 7.49. The summed E-state index contributed by atoms with van der Waals surface area (Å²) in [5.74, 6) is 1.74. The zero-order valence-corrected chi connectivity index (χ0v) is 15.4. The molecular formula is C18H22N6O2. The molecule has 0 radical (unpaired) electrons. The van der Waals surface area contributed by atoms with Gasteiger partial charge >= 0.3 is 0 Å². The summed E-state index contributed by atoms with van der Waals surface area (Å²) >= 11 is 0. The van der Waals surface area contributed by atoms with E-state index in [1.807, 2.05) is 56.7 Å². The number of carbonyl (C=O) groups is 1. The maximum Gasteiger partial charge on any atom is 0.227 e. The second kappa shape index (κ2) is 7.07. The maximum absolute atomic E-state index is 12.2. The Bertz CT molecular complexity index is 906. The van der Waals surface area contributed by atoms with E-state index in [-0.39, 0.29) is 17.7 Å². The smallest absolute Gasteiger partial charge is 0.227 e. The van der Waals surface area contributed by atoms with E-state index >= 15 is 0 Å². The van der Waals surface area contributed by atoms with Gasteiger partial charge in [0.05, 0.1) is 0 Å². The Morgan fingerprint density at radius 1 is 1.31 bits per heavy atom. The van der Waals surface area contributed by atoms with Crippen LogP contribution in [0.5, 0.6) is 0 Å². The first kappa shape index (κ1) is 17.8. The number of rotatable bonds is 5. The fourth-order valence-corrected chi connectivity index (χ4v) is 2.39. The zero-order chi connectivity index (χ0) is 18.7. The van der Waals surface area contributed by atoms with Crippen molar-refractivity contribution in [1.29, 1.82) is 0 Å². The van der Waals surface area contributed by atoms with Crippen LogP contribution in [0.1, 0.15) is 38.9 Å². The van der Waals surface area contributed by atoms with Crippen molar-refractivity contribution in [2.75, 3.05) is 5.32 Å². The van der Waals surface area contributed by atoms with Gasteiger partial charge in [0, 0.05) is 36.6 Å². The minimum Gasteiger partial charge on any atom is -0.339 e. The van der Waals surface area contributed by atoms with E-state index in [2.05, 4.69) is 25.7 Å². The number of aryl methyl sites for hydroxylation is 2. The summed E-state index contributed by atoms with van der Waals surface area (Å²) in [4.78, 5) is 16.6. The Kier molecular flexibility index (Phi) is 4.83. The van der Waals surface area contributed by atoms with Crippen LogP contribution in [0, 0.1) is 0 Å². The Morgan fingerprint density at radius 3 is 2.77 bits per heavy atom. The van der Waals surface area contributed by atoms with Gasteiger partial charge in [0.25, 0.3) is 0 Å². The third-order valence-corrected chi connectivity index (χ3v) is 3.82. The summed E-state index contributed by atoms with van der Waals surface area (Å²) in [5.41, 5.74) is 1.41. The molecule has 1 amide bonds. The summed E-state index contributed by atoms with van der Waals surface area (Å²) in [6.07, 6.45) is 2.30. The molecule has 2 heterocycles. The molecule has 8 nitrogen and oxygen atoms in total. The number of aromatic nitrogens is 5. The van der Waals surface area contributed by atoms with E-state index in [0.717, 1.165) is 11.4 Å². The quantitative estimate of drug-likeness (QED) is 0.756. The lowest BCUT2D eigenvalue weighted by Crippen LogP contribution is -2.14. The van der Waals surface area contributed by atoms with Crippen LogP contribution in [0.4, 0.5) is 5.69 Å². The Morgan fingerprint density at radius 2 is 2.12 bits per heavy atom. The molecule has 0 spiro atoms. The van der Waals surface area contributed by atoms with Gasteiger partial charge in [-0.3, -0.25) is 4.79 Å². The third kappa shape index (κ3) is 4.14. The second-order valence-electron chi connectivity index (χ2n) is 7.16. The molecule has 1 aromatic carbocycles. The maximum atomic E-state index is 12.2. The second-order valence-corrected chi connectivity index (χ2v) is 7.16. The molecule has 0 atom stereocenters. The molecule has 26 heavy (non-hydrogen) atoms. The number of hydrogen-bond donors (Lipinski definition) is 1. The summed E-state index contributed by atoms with van der Waals surface area (Å²) in [6.45, 7) is 6.04. The molecule has 3 rings (SSSR count). The number of amides is 1. The molecule has 2 aromatic heterocycles. The molecule has 0 fully saturated rings.